The lowest BCUT2D eigenvalue weighted by molar-refractivity contribution is -0.116. The Labute approximate surface area is 246 Å². The van der Waals surface area contributed by atoms with Crippen LogP contribution in [0.4, 0.5) is 5.69 Å². The van der Waals surface area contributed by atoms with Crippen molar-refractivity contribution in [3.05, 3.63) is 83.4 Å². The molecule has 41 heavy (non-hydrogen) atoms. The number of methoxy groups -OCH3 is 1. The Hall–Kier alpha value is -3.00. The van der Waals surface area contributed by atoms with Gasteiger partial charge in [0.1, 0.15) is 5.75 Å². The van der Waals surface area contributed by atoms with Crippen molar-refractivity contribution >= 4 is 43.2 Å². The third-order valence-electron chi connectivity index (χ3n) is 6.81. The van der Waals surface area contributed by atoms with E-state index in [9.17, 15) is 21.6 Å². The van der Waals surface area contributed by atoms with Crippen molar-refractivity contribution < 1.29 is 26.4 Å². The quantitative estimate of drug-likeness (QED) is 0.350. The second-order valence-corrected chi connectivity index (χ2v) is 13.9. The summed E-state index contributed by atoms with van der Waals surface area (Å²) in [5.74, 6) is -0.242. The molecule has 0 aromatic heterocycles. The standard InChI is InChI=1S/C28H33ClN4O6S2/c1-31-16-18-32(19-17-31)40(35,36)24-10-8-23(9-11-24)30-28(34)21-33(15-14-22-6-4-3-5-7-22)41(37,38)25-12-13-27(39-2)26(29)20-25/h3-13,20H,14-19,21H2,1-2H3,(H,30,34). The first-order valence-electron chi connectivity index (χ1n) is 13.0. The van der Waals surface area contributed by atoms with Gasteiger partial charge in [-0.1, -0.05) is 41.9 Å². The van der Waals surface area contributed by atoms with Crippen LogP contribution in [-0.4, -0.2) is 89.7 Å². The summed E-state index contributed by atoms with van der Waals surface area (Å²) in [6.45, 7) is 1.71. The van der Waals surface area contributed by atoms with Crippen molar-refractivity contribution in [1.82, 2.24) is 13.5 Å². The molecule has 3 aromatic carbocycles. The van der Waals surface area contributed by atoms with Gasteiger partial charge in [0.05, 0.1) is 28.5 Å². The Morgan fingerprint density at radius 3 is 2.17 bits per heavy atom. The van der Waals surface area contributed by atoms with Gasteiger partial charge in [-0.25, -0.2) is 16.8 Å². The van der Waals surface area contributed by atoms with Crippen molar-refractivity contribution in [3.63, 3.8) is 0 Å². The van der Waals surface area contributed by atoms with E-state index in [0.29, 0.717) is 44.0 Å². The van der Waals surface area contributed by atoms with Gasteiger partial charge in [-0.3, -0.25) is 4.79 Å². The number of amides is 1. The smallest absolute Gasteiger partial charge is 0.243 e. The maximum Gasteiger partial charge on any atom is 0.243 e. The number of anilines is 1. The first-order valence-corrected chi connectivity index (χ1v) is 16.2. The highest BCUT2D eigenvalue weighted by molar-refractivity contribution is 7.89. The lowest BCUT2D eigenvalue weighted by Gasteiger charge is -2.31. The summed E-state index contributed by atoms with van der Waals surface area (Å²) in [6.07, 6.45) is 0.385. The highest BCUT2D eigenvalue weighted by Crippen LogP contribution is 2.28. The molecule has 1 amide bonds. The second-order valence-electron chi connectivity index (χ2n) is 9.65. The summed E-state index contributed by atoms with van der Waals surface area (Å²) in [7, 11) is -4.38. The Balaban J connectivity index is 1.49. The highest BCUT2D eigenvalue weighted by atomic mass is 35.5. The second kappa shape index (κ2) is 13.3. The van der Waals surface area contributed by atoms with Crippen LogP contribution >= 0.6 is 11.6 Å². The number of hydrogen-bond donors (Lipinski definition) is 1. The fourth-order valence-corrected chi connectivity index (χ4v) is 7.56. The highest BCUT2D eigenvalue weighted by Gasteiger charge is 2.29. The Bertz CT molecular complexity index is 1560. The van der Waals surface area contributed by atoms with Crippen LogP contribution in [-0.2, 0) is 31.3 Å². The predicted octanol–water partition coefficient (Wildman–Crippen LogP) is 3.16. The van der Waals surface area contributed by atoms with Gasteiger partial charge < -0.3 is 15.0 Å². The number of likely N-dealkylation sites (N-methyl/N-ethyl adjacent to an activating group) is 1. The van der Waals surface area contributed by atoms with Gasteiger partial charge in [-0.2, -0.15) is 8.61 Å². The Morgan fingerprint density at radius 2 is 1.56 bits per heavy atom. The predicted molar refractivity (Wildman–Crippen MR) is 158 cm³/mol. The largest absolute Gasteiger partial charge is 0.495 e. The number of carbonyl (C=O) groups is 1. The number of hydrogen-bond acceptors (Lipinski definition) is 7. The van der Waals surface area contributed by atoms with Crippen molar-refractivity contribution in [2.45, 2.75) is 16.2 Å². The molecule has 1 N–H and O–H groups in total. The molecule has 4 rings (SSSR count). The van der Waals surface area contributed by atoms with E-state index in [2.05, 4.69) is 10.2 Å². The van der Waals surface area contributed by atoms with Gasteiger partial charge in [0.2, 0.25) is 26.0 Å². The van der Waals surface area contributed by atoms with Crippen LogP contribution in [0.1, 0.15) is 5.56 Å². The van der Waals surface area contributed by atoms with Crippen molar-refractivity contribution in [2.24, 2.45) is 0 Å². The van der Waals surface area contributed by atoms with Gasteiger partial charge in [-0.15, -0.1) is 0 Å². The van der Waals surface area contributed by atoms with Gasteiger partial charge in [0, 0.05) is 38.4 Å². The van der Waals surface area contributed by atoms with Gasteiger partial charge in [0.25, 0.3) is 0 Å². The van der Waals surface area contributed by atoms with Crippen molar-refractivity contribution in [2.75, 3.05) is 58.7 Å². The van der Waals surface area contributed by atoms with Crippen LogP contribution in [0.25, 0.3) is 0 Å². The molecule has 3 aromatic rings. The minimum absolute atomic E-state index is 0.0472. The third-order valence-corrected chi connectivity index (χ3v) is 10.9. The zero-order valence-electron chi connectivity index (χ0n) is 22.9. The summed E-state index contributed by atoms with van der Waals surface area (Å²) >= 11 is 6.19. The summed E-state index contributed by atoms with van der Waals surface area (Å²) in [6, 6.07) is 19.3. The van der Waals surface area contributed by atoms with Crippen LogP contribution in [0.15, 0.2) is 82.6 Å². The number of sulfonamides is 2. The van der Waals surface area contributed by atoms with Gasteiger partial charge in [-0.05, 0) is 61.5 Å². The summed E-state index contributed by atoms with van der Waals surface area (Å²) in [5.41, 5.74) is 1.26. The molecule has 10 nitrogen and oxygen atoms in total. The monoisotopic (exact) mass is 620 g/mol. The lowest BCUT2D eigenvalue weighted by Crippen LogP contribution is -2.46. The molecule has 0 aliphatic carbocycles. The van der Waals surface area contributed by atoms with Crippen molar-refractivity contribution in [1.29, 1.82) is 0 Å². The number of carbonyl (C=O) groups excluding carboxylic acids is 1. The number of halogens is 1. The van der Waals surface area contributed by atoms with E-state index >= 15 is 0 Å². The molecule has 0 bridgehead atoms. The minimum Gasteiger partial charge on any atom is -0.495 e. The fraction of sp³-hybridized carbons (Fsp3) is 0.321. The van der Waals surface area contributed by atoms with Crippen LogP contribution in [0, 0.1) is 0 Å². The fourth-order valence-electron chi connectivity index (χ4n) is 4.39. The Kier molecular flexibility index (Phi) is 10.1. The summed E-state index contributed by atoms with van der Waals surface area (Å²) < 4.78 is 60.9. The average Bonchev–Trinajstić information content (AvgIpc) is 2.96. The topological polar surface area (TPSA) is 116 Å². The molecule has 1 aliphatic heterocycles. The van der Waals surface area contributed by atoms with Gasteiger partial charge >= 0.3 is 0 Å². The molecule has 220 valence electrons. The molecule has 0 atom stereocenters. The molecule has 1 heterocycles. The SMILES string of the molecule is COc1ccc(S(=O)(=O)N(CCc2ccccc2)CC(=O)Nc2ccc(S(=O)(=O)N3CCN(C)CC3)cc2)cc1Cl. The van der Waals surface area contributed by atoms with Crippen molar-refractivity contribution in [3.8, 4) is 5.75 Å². The van der Waals surface area contributed by atoms with E-state index in [1.165, 1.54) is 53.9 Å². The molecule has 1 saturated heterocycles. The number of nitrogens with one attached hydrogen (secondary N) is 1. The number of piperazine rings is 1. The van der Waals surface area contributed by atoms with E-state index < -0.39 is 32.5 Å². The maximum atomic E-state index is 13.6. The number of ether oxygens (including phenoxy) is 1. The van der Waals surface area contributed by atoms with Gasteiger partial charge in [0.15, 0.2) is 0 Å². The van der Waals surface area contributed by atoms with Crippen LogP contribution in [0.2, 0.25) is 5.02 Å². The van der Waals surface area contributed by atoms with Crippen LogP contribution < -0.4 is 10.1 Å². The molecule has 0 saturated carbocycles. The molecule has 13 heteroatoms. The van der Waals surface area contributed by atoms with E-state index in [-0.39, 0.29) is 21.4 Å². The first-order chi connectivity index (χ1) is 19.5. The molecule has 0 spiro atoms. The lowest BCUT2D eigenvalue weighted by atomic mass is 10.1. The number of nitrogens with zero attached hydrogens (tertiary/aromatic N) is 3. The maximum absolute atomic E-state index is 13.6. The first kappa shape index (κ1) is 30.9. The summed E-state index contributed by atoms with van der Waals surface area (Å²) in [5, 5.41) is 2.81. The van der Waals surface area contributed by atoms with Crippen LogP contribution in [0.3, 0.4) is 0 Å². The minimum atomic E-state index is -4.10. The molecular formula is C28H33ClN4O6S2. The molecule has 1 aliphatic rings. The van der Waals surface area contributed by atoms with Crippen LogP contribution in [0.5, 0.6) is 5.75 Å². The van der Waals surface area contributed by atoms with E-state index in [1.54, 1.807) is 0 Å². The molecule has 0 radical (unpaired) electrons. The zero-order chi connectivity index (χ0) is 29.6. The zero-order valence-corrected chi connectivity index (χ0v) is 25.3. The molecule has 0 unspecified atom stereocenters. The van der Waals surface area contributed by atoms with E-state index in [1.807, 2.05) is 37.4 Å². The Morgan fingerprint density at radius 1 is 0.927 bits per heavy atom. The normalized spacial score (nSPS) is 15.1. The molecular weight excluding hydrogens is 588 g/mol. The van der Waals surface area contributed by atoms with E-state index in [0.717, 1.165) is 9.87 Å². The van der Waals surface area contributed by atoms with E-state index in [4.69, 9.17) is 16.3 Å². The third kappa shape index (κ3) is 7.64. The summed E-state index contributed by atoms with van der Waals surface area (Å²) in [4.78, 5) is 15.2. The number of rotatable bonds is 11. The molecule has 1 fully saturated rings. The average molecular weight is 621 g/mol. The number of benzene rings is 3.